The maximum absolute atomic E-state index is 10.6. The molecule has 0 aromatic heterocycles. The second-order valence-corrected chi connectivity index (χ2v) is 5.68. The molecule has 0 fully saturated rings. The summed E-state index contributed by atoms with van der Waals surface area (Å²) in [6, 6.07) is 14.8. The number of rotatable bonds is 4. The highest BCUT2D eigenvalue weighted by atomic mass is 79.9. The van der Waals surface area contributed by atoms with Crippen LogP contribution < -0.4 is 10.6 Å². The summed E-state index contributed by atoms with van der Waals surface area (Å²) >= 11 is 8.60. The van der Waals surface area contributed by atoms with Crippen molar-refractivity contribution in [2.75, 3.05) is 10.6 Å². The third kappa shape index (κ3) is 5.17. The summed E-state index contributed by atoms with van der Waals surface area (Å²) in [6.45, 7) is 0. The number of halogens is 1. The minimum absolute atomic E-state index is 0.0157. The number of aliphatic carboxylic acids is 1. The van der Waals surface area contributed by atoms with E-state index < -0.39 is 5.97 Å². The second kappa shape index (κ2) is 7.19. The summed E-state index contributed by atoms with van der Waals surface area (Å²) in [6.07, 6.45) is 0.0157. The van der Waals surface area contributed by atoms with Crippen molar-refractivity contribution in [1.29, 1.82) is 0 Å². The van der Waals surface area contributed by atoms with E-state index in [1.807, 2.05) is 24.3 Å². The SMILES string of the molecule is O=C(O)Cc1ccc(NC(=S)Nc2ccc(Br)cc2)cc1. The average Bonchev–Trinajstić information content (AvgIpc) is 2.43. The highest BCUT2D eigenvalue weighted by Crippen LogP contribution is 2.15. The van der Waals surface area contributed by atoms with Gasteiger partial charge in [-0.05, 0) is 54.2 Å². The summed E-state index contributed by atoms with van der Waals surface area (Å²) in [4.78, 5) is 10.6. The van der Waals surface area contributed by atoms with Crippen LogP contribution in [0.1, 0.15) is 5.56 Å². The third-order valence-corrected chi connectivity index (χ3v) is 3.40. The lowest BCUT2D eigenvalue weighted by Gasteiger charge is -2.11. The van der Waals surface area contributed by atoms with Gasteiger partial charge in [-0.2, -0.15) is 0 Å². The minimum Gasteiger partial charge on any atom is -0.481 e. The number of carbonyl (C=O) groups is 1. The first kappa shape index (κ1) is 15.5. The molecule has 3 N–H and O–H groups in total. The summed E-state index contributed by atoms with van der Waals surface area (Å²) in [7, 11) is 0. The Morgan fingerprint density at radius 1 is 1.00 bits per heavy atom. The molecule has 0 atom stereocenters. The van der Waals surface area contributed by atoms with Gasteiger partial charge in [0.25, 0.3) is 0 Å². The highest BCUT2D eigenvalue weighted by molar-refractivity contribution is 9.10. The Morgan fingerprint density at radius 3 is 1.95 bits per heavy atom. The van der Waals surface area contributed by atoms with E-state index in [9.17, 15) is 4.79 Å². The van der Waals surface area contributed by atoms with Gasteiger partial charge in [-0.3, -0.25) is 4.79 Å². The standard InChI is InChI=1S/C15H13BrN2O2S/c16-11-3-7-13(8-4-11)18-15(21)17-12-5-1-10(2-6-12)9-14(19)20/h1-8H,9H2,(H,19,20)(H2,17,18,21). The first-order chi connectivity index (χ1) is 10.0. The second-order valence-electron chi connectivity index (χ2n) is 4.35. The molecule has 0 saturated heterocycles. The summed E-state index contributed by atoms with van der Waals surface area (Å²) in [5.41, 5.74) is 2.44. The molecule has 2 rings (SSSR count). The molecule has 0 aliphatic carbocycles. The molecular weight excluding hydrogens is 352 g/mol. The first-order valence-electron chi connectivity index (χ1n) is 6.17. The number of anilines is 2. The fourth-order valence-corrected chi connectivity index (χ4v) is 2.21. The van der Waals surface area contributed by atoms with Crippen molar-refractivity contribution >= 4 is 50.6 Å². The lowest BCUT2D eigenvalue weighted by molar-refractivity contribution is -0.136. The molecular formula is C15H13BrN2O2S. The van der Waals surface area contributed by atoms with Gasteiger partial charge in [0.15, 0.2) is 5.11 Å². The molecule has 0 saturated carbocycles. The van der Waals surface area contributed by atoms with E-state index in [1.54, 1.807) is 24.3 Å². The van der Waals surface area contributed by atoms with Crippen LogP contribution in [0.4, 0.5) is 11.4 Å². The van der Waals surface area contributed by atoms with Crippen molar-refractivity contribution in [2.24, 2.45) is 0 Å². The number of benzene rings is 2. The van der Waals surface area contributed by atoms with Gasteiger partial charge in [0.1, 0.15) is 0 Å². The van der Waals surface area contributed by atoms with Crippen LogP contribution in [-0.4, -0.2) is 16.2 Å². The Hall–Kier alpha value is -1.92. The molecule has 2 aromatic rings. The maximum Gasteiger partial charge on any atom is 0.307 e. The number of nitrogens with one attached hydrogen (secondary N) is 2. The number of carboxylic acids is 1. The Balaban J connectivity index is 1.93. The Bertz CT molecular complexity index is 642. The quantitative estimate of drug-likeness (QED) is 0.718. The summed E-state index contributed by atoms with van der Waals surface area (Å²) in [5.74, 6) is -0.844. The molecule has 6 heteroatoms. The zero-order valence-corrected chi connectivity index (χ0v) is 13.4. The van der Waals surface area contributed by atoms with Crippen molar-refractivity contribution in [3.63, 3.8) is 0 Å². The summed E-state index contributed by atoms with van der Waals surface area (Å²) < 4.78 is 1.00. The topological polar surface area (TPSA) is 61.4 Å². The van der Waals surface area contributed by atoms with E-state index in [-0.39, 0.29) is 6.42 Å². The van der Waals surface area contributed by atoms with Gasteiger partial charge >= 0.3 is 5.97 Å². The minimum atomic E-state index is -0.844. The molecule has 0 aliphatic heterocycles. The zero-order valence-electron chi connectivity index (χ0n) is 11.0. The molecule has 2 aromatic carbocycles. The molecule has 0 unspecified atom stereocenters. The van der Waals surface area contributed by atoms with Crippen LogP contribution >= 0.6 is 28.1 Å². The molecule has 0 aliphatic rings. The van der Waals surface area contributed by atoms with Gasteiger partial charge < -0.3 is 15.7 Å². The lowest BCUT2D eigenvalue weighted by Crippen LogP contribution is -2.18. The molecule has 0 bridgehead atoms. The van der Waals surface area contributed by atoms with Gasteiger partial charge in [-0.15, -0.1) is 0 Å². The van der Waals surface area contributed by atoms with Crippen LogP contribution in [-0.2, 0) is 11.2 Å². The van der Waals surface area contributed by atoms with Crippen molar-refractivity contribution < 1.29 is 9.90 Å². The Labute approximate surface area is 136 Å². The van der Waals surface area contributed by atoms with E-state index in [2.05, 4.69) is 26.6 Å². The van der Waals surface area contributed by atoms with E-state index in [0.717, 1.165) is 21.4 Å². The molecule has 0 amide bonds. The van der Waals surface area contributed by atoms with E-state index in [0.29, 0.717) is 5.11 Å². The van der Waals surface area contributed by atoms with Crippen LogP contribution in [0.2, 0.25) is 0 Å². The van der Waals surface area contributed by atoms with Crippen LogP contribution in [0.15, 0.2) is 53.0 Å². The van der Waals surface area contributed by atoms with E-state index >= 15 is 0 Å². The number of hydrogen-bond donors (Lipinski definition) is 3. The molecule has 21 heavy (non-hydrogen) atoms. The van der Waals surface area contributed by atoms with Crippen molar-refractivity contribution in [2.45, 2.75) is 6.42 Å². The fraction of sp³-hybridized carbons (Fsp3) is 0.0667. The molecule has 0 heterocycles. The molecule has 4 nitrogen and oxygen atoms in total. The van der Waals surface area contributed by atoms with Crippen LogP contribution in [0.3, 0.4) is 0 Å². The van der Waals surface area contributed by atoms with Crippen LogP contribution in [0, 0.1) is 0 Å². The van der Waals surface area contributed by atoms with E-state index in [1.165, 1.54) is 0 Å². The largest absolute Gasteiger partial charge is 0.481 e. The van der Waals surface area contributed by atoms with Crippen LogP contribution in [0.5, 0.6) is 0 Å². The zero-order chi connectivity index (χ0) is 15.2. The number of thiocarbonyl (C=S) groups is 1. The van der Waals surface area contributed by atoms with Crippen molar-refractivity contribution in [1.82, 2.24) is 0 Å². The predicted octanol–water partition coefficient (Wildman–Crippen LogP) is 3.89. The van der Waals surface area contributed by atoms with Gasteiger partial charge in [-0.25, -0.2) is 0 Å². The van der Waals surface area contributed by atoms with E-state index in [4.69, 9.17) is 17.3 Å². The molecule has 0 spiro atoms. The maximum atomic E-state index is 10.6. The Kier molecular flexibility index (Phi) is 5.30. The normalized spacial score (nSPS) is 9.95. The highest BCUT2D eigenvalue weighted by Gasteiger charge is 2.02. The average molecular weight is 365 g/mol. The smallest absolute Gasteiger partial charge is 0.307 e. The number of hydrogen-bond acceptors (Lipinski definition) is 2. The van der Waals surface area contributed by atoms with Crippen molar-refractivity contribution in [3.05, 3.63) is 58.6 Å². The monoisotopic (exact) mass is 364 g/mol. The van der Waals surface area contributed by atoms with Crippen molar-refractivity contribution in [3.8, 4) is 0 Å². The first-order valence-corrected chi connectivity index (χ1v) is 7.37. The lowest BCUT2D eigenvalue weighted by atomic mass is 10.1. The van der Waals surface area contributed by atoms with Gasteiger partial charge in [-0.1, -0.05) is 28.1 Å². The molecule has 108 valence electrons. The van der Waals surface area contributed by atoms with Crippen LogP contribution in [0.25, 0.3) is 0 Å². The Morgan fingerprint density at radius 2 is 1.48 bits per heavy atom. The number of carboxylic acid groups (broad SMARTS) is 1. The fourth-order valence-electron chi connectivity index (χ4n) is 1.71. The van der Waals surface area contributed by atoms with Gasteiger partial charge in [0, 0.05) is 15.8 Å². The predicted molar refractivity (Wildman–Crippen MR) is 91.8 cm³/mol. The van der Waals surface area contributed by atoms with Gasteiger partial charge in [0.2, 0.25) is 0 Å². The summed E-state index contributed by atoms with van der Waals surface area (Å²) in [5, 5.41) is 15.3. The third-order valence-electron chi connectivity index (χ3n) is 2.67. The molecule has 0 radical (unpaired) electrons. The van der Waals surface area contributed by atoms with Gasteiger partial charge in [0.05, 0.1) is 6.42 Å².